The number of nitrogens with zero attached hydrogens (tertiary/aromatic N) is 2. The average Bonchev–Trinajstić information content (AvgIpc) is 3.01. The van der Waals surface area contributed by atoms with Crippen LogP contribution in [0, 0.1) is 5.82 Å². The van der Waals surface area contributed by atoms with Gasteiger partial charge in [-0.15, -0.1) is 0 Å². The van der Waals surface area contributed by atoms with Gasteiger partial charge in [-0.1, -0.05) is 35.9 Å². The second-order valence-corrected chi connectivity index (χ2v) is 7.46. The number of ether oxygens (including phenoxy) is 2. The molecule has 2 aromatic rings. The van der Waals surface area contributed by atoms with Crippen LogP contribution in [0.3, 0.4) is 0 Å². The molecule has 3 rings (SSSR count). The molecule has 1 heterocycles. The average molecular weight is 447 g/mol. The molecule has 31 heavy (non-hydrogen) atoms. The van der Waals surface area contributed by atoms with E-state index in [0.29, 0.717) is 36.9 Å². The molecule has 164 valence electrons. The number of hydrogen-bond acceptors (Lipinski definition) is 5. The topological polar surface area (TPSA) is 59.1 Å². The summed E-state index contributed by atoms with van der Waals surface area (Å²) in [5.74, 6) is -1.26. The van der Waals surface area contributed by atoms with Gasteiger partial charge in [0.2, 0.25) is 0 Å². The van der Waals surface area contributed by atoms with E-state index in [1.54, 1.807) is 43.4 Å². The fourth-order valence-electron chi connectivity index (χ4n) is 3.39. The molecule has 0 N–H and O–H groups in total. The molecule has 0 radical (unpaired) electrons. The third kappa shape index (κ3) is 5.31. The maximum atomic E-state index is 13.5. The highest BCUT2D eigenvalue weighted by Crippen LogP contribution is 2.33. The summed E-state index contributed by atoms with van der Waals surface area (Å²) in [6.07, 6.45) is 0. The fourth-order valence-corrected chi connectivity index (χ4v) is 3.51. The molecule has 8 heteroatoms. The molecule has 0 saturated heterocycles. The van der Waals surface area contributed by atoms with Gasteiger partial charge in [-0.3, -0.25) is 14.5 Å². The number of carbonyl (C=O) groups is 2. The lowest BCUT2D eigenvalue weighted by molar-refractivity contribution is -0.138. The van der Waals surface area contributed by atoms with Gasteiger partial charge >= 0.3 is 0 Å². The molecule has 0 fully saturated rings. The van der Waals surface area contributed by atoms with Crippen molar-refractivity contribution in [3.05, 3.63) is 76.2 Å². The first-order chi connectivity index (χ1) is 15.0. The Kier molecular flexibility index (Phi) is 7.79. The lowest BCUT2D eigenvalue weighted by Gasteiger charge is -2.25. The van der Waals surface area contributed by atoms with Gasteiger partial charge in [0.15, 0.2) is 0 Å². The molecule has 1 aliphatic heterocycles. The van der Waals surface area contributed by atoms with Crippen molar-refractivity contribution in [2.24, 2.45) is 0 Å². The van der Waals surface area contributed by atoms with Crippen LogP contribution in [0.4, 0.5) is 4.39 Å². The summed E-state index contributed by atoms with van der Waals surface area (Å²) in [7, 11) is 3.14. The number of halogens is 2. The van der Waals surface area contributed by atoms with Crippen LogP contribution in [0.25, 0.3) is 5.57 Å². The fraction of sp³-hybridized carbons (Fsp3) is 0.304. The predicted molar refractivity (Wildman–Crippen MR) is 116 cm³/mol. The first-order valence-corrected chi connectivity index (χ1v) is 10.2. The summed E-state index contributed by atoms with van der Waals surface area (Å²) >= 11 is 5.95. The molecular weight excluding hydrogens is 423 g/mol. The van der Waals surface area contributed by atoms with Crippen molar-refractivity contribution in [3.8, 4) is 0 Å². The van der Waals surface area contributed by atoms with Crippen molar-refractivity contribution in [1.29, 1.82) is 0 Å². The van der Waals surface area contributed by atoms with Crippen LogP contribution in [0.15, 0.2) is 54.2 Å². The van der Waals surface area contributed by atoms with Gasteiger partial charge in [-0.05, 0) is 35.4 Å². The van der Waals surface area contributed by atoms with Crippen LogP contribution >= 0.6 is 11.6 Å². The highest BCUT2D eigenvalue weighted by molar-refractivity contribution is 6.35. The second kappa shape index (κ2) is 10.5. The van der Waals surface area contributed by atoms with Crippen molar-refractivity contribution >= 4 is 29.0 Å². The SMILES string of the molecule is COCCN(CCOC)C1=C(c2ccc(F)cc2)C(=O)N(Cc2ccc(Cl)cc2)C1=O. The van der Waals surface area contributed by atoms with Crippen molar-refractivity contribution in [2.45, 2.75) is 6.54 Å². The Bertz CT molecular complexity index is 953. The molecule has 6 nitrogen and oxygen atoms in total. The van der Waals surface area contributed by atoms with E-state index in [-0.39, 0.29) is 17.8 Å². The first-order valence-electron chi connectivity index (χ1n) is 9.80. The van der Waals surface area contributed by atoms with Crippen molar-refractivity contribution in [2.75, 3.05) is 40.5 Å². The van der Waals surface area contributed by atoms with E-state index in [1.807, 2.05) is 0 Å². The molecular formula is C23H24ClFN2O4. The Labute approximate surface area is 185 Å². The summed E-state index contributed by atoms with van der Waals surface area (Å²) < 4.78 is 23.9. The predicted octanol–water partition coefficient (Wildman–Crippen LogP) is 3.35. The van der Waals surface area contributed by atoms with Crippen LogP contribution in [0.2, 0.25) is 5.02 Å². The molecule has 2 aromatic carbocycles. The van der Waals surface area contributed by atoms with E-state index < -0.39 is 17.6 Å². The van der Waals surface area contributed by atoms with E-state index in [4.69, 9.17) is 21.1 Å². The zero-order chi connectivity index (χ0) is 22.4. The van der Waals surface area contributed by atoms with Crippen molar-refractivity contribution in [3.63, 3.8) is 0 Å². The monoisotopic (exact) mass is 446 g/mol. The van der Waals surface area contributed by atoms with Crippen molar-refractivity contribution < 1.29 is 23.5 Å². The van der Waals surface area contributed by atoms with Crippen LogP contribution < -0.4 is 0 Å². The molecule has 1 aliphatic rings. The third-order valence-electron chi connectivity index (χ3n) is 4.98. The number of methoxy groups -OCH3 is 2. The lowest BCUT2D eigenvalue weighted by Crippen LogP contribution is -2.37. The highest BCUT2D eigenvalue weighted by atomic mass is 35.5. The minimum atomic E-state index is -0.429. The number of rotatable bonds is 10. The Hall–Kier alpha value is -2.74. The Morgan fingerprint density at radius 2 is 1.48 bits per heavy atom. The zero-order valence-corrected chi connectivity index (χ0v) is 18.2. The van der Waals surface area contributed by atoms with E-state index in [9.17, 15) is 14.0 Å². The number of imide groups is 1. The lowest BCUT2D eigenvalue weighted by atomic mass is 10.0. The summed E-state index contributed by atoms with van der Waals surface area (Å²) in [6, 6.07) is 12.5. The van der Waals surface area contributed by atoms with Gasteiger partial charge < -0.3 is 14.4 Å². The smallest absolute Gasteiger partial charge is 0.278 e. The largest absolute Gasteiger partial charge is 0.383 e. The Morgan fingerprint density at radius 1 is 0.903 bits per heavy atom. The normalized spacial score (nSPS) is 14.0. The van der Waals surface area contributed by atoms with Gasteiger partial charge in [-0.25, -0.2) is 4.39 Å². The Morgan fingerprint density at radius 3 is 2.03 bits per heavy atom. The first kappa shape index (κ1) is 22.9. The number of amides is 2. The van der Waals surface area contributed by atoms with Gasteiger partial charge in [-0.2, -0.15) is 0 Å². The van der Waals surface area contributed by atoms with Crippen LogP contribution in [-0.2, 0) is 25.6 Å². The molecule has 0 atom stereocenters. The maximum Gasteiger partial charge on any atom is 0.278 e. The maximum absolute atomic E-state index is 13.5. The molecule has 0 saturated carbocycles. The molecule has 0 spiro atoms. The van der Waals surface area contributed by atoms with Gasteiger partial charge in [0.05, 0.1) is 25.3 Å². The molecule has 2 amide bonds. The summed E-state index contributed by atoms with van der Waals surface area (Å²) in [6.45, 7) is 1.62. The molecule has 0 bridgehead atoms. The number of carbonyl (C=O) groups excluding carboxylic acids is 2. The van der Waals surface area contributed by atoms with E-state index in [0.717, 1.165) is 5.56 Å². The van der Waals surface area contributed by atoms with Gasteiger partial charge in [0, 0.05) is 32.3 Å². The van der Waals surface area contributed by atoms with Crippen LogP contribution in [0.5, 0.6) is 0 Å². The quantitative estimate of drug-likeness (QED) is 0.524. The number of benzene rings is 2. The highest BCUT2D eigenvalue weighted by Gasteiger charge is 2.41. The standard InChI is InChI=1S/C23H24ClFN2O4/c1-30-13-11-26(12-14-31-2)21-20(17-5-9-19(25)10-6-17)22(28)27(23(21)29)15-16-3-7-18(24)8-4-16/h3-10H,11-15H2,1-2H3. The molecule has 0 unspecified atom stereocenters. The zero-order valence-electron chi connectivity index (χ0n) is 17.4. The summed E-state index contributed by atoms with van der Waals surface area (Å²) in [5.41, 5.74) is 1.75. The van der Waals surface area contributed by atoms with E-state index in [2.05, 4.69) is 0 Å². The van der Waals surface area contributed by atoms with Gasteiger partial charge in [0.25, 0.3) is 11.8 Å². The molecule has 0 aromatic heterocycles. The third-order valence-corrected chi connectivity index (χ3v) is 5.23. The summed E-state index contributed by atoms with van der Waals surface area (Å²) in [5, 5.41) is 0.568. The van der Waals surface area contributed by atoms with Crippen molar-refractivity contribution in [1.82, 2.24) is 9.80 Å². The summed E-state index contributed by atoms with van der Waals surface area (Å²) in [4.78, 5) is 29.8. The minimum Gasteiger partial charge on any atom is -0.383 e. The van der Waals surface area contributed by atoms with E-state index in [1.165, 1.54) is 29.2 Å². The van der Waals surface area contributed by atoms with Crippen LogP contribution in [-0.4, -0.2) is 62.1 Å². The molecule has 0 aliphatic carbocycles. The van der Waals surface area contributed by atoms with E-state index >= 15 is 0 Å². The second-order valence-electron chi connectivity index (χ2n) is 7.03. The van der Waals surface area contributed by atoms with Gasteiger partial charge in [0.1, 0.15) is 11.5 Å². The van der Waals surface area contributed by atoms with Crippen LogP contribution in [0.1, 0.15) is 11.1 Å². The Balaban J connectivity index is 2.02. The minimum absolute atomic E-state index is 0.103. The number of hydrogen-bond donors (Lipinski definition) is 0.